The number of thiophene rings is 1. The topological polar surface area (TPSA) is 153 Å². The Morgan fingerprint density at radius 1 is 1.04 bits per heavy atom. The van der Waals surface area contributed by atoms with Crippen molar-refractivity contribution in [2.24, 2.45) is 0 Å². The van der Waals surface area contributed by atoms with E-state index in [1.54, 1.807) is 0 Å². The van der Waals surface area contributed by atoms with Gasteiger partial charge < -0.3 is 30.1 Å². The predicted molar refractivity (Wildman–Crippen MR) is 106 cm³/mol. The minimum absolute atomic E-state index is 0.0358. The first kappa shape index (κ1) is 24.4. The van der Waals surface area contributed by atoms with E-state index in [0.717, 1.165) is 37.0 Å². The van der Waals surface area contributed by atoms with E-state index in [2.05, 4.69) is 5.32 Å². The van der Waals surface area contributed by atoms with Crippen LogP contribution in [0.3, 0.4) is 0 Å². The van der Waals surface area contributed by atoms with Gasteiger partial charge in [-0.15, -0.1) is 11.3 Å². The Morgan fingerprint density at radius 2 is 1.68 bits per heavy atom. The van der Waals surface area contributed by atoms with Crippen LogP contribution in [-0.4, -0.2) is 44.6 Å². The molecule has 11 heteroatoms. The second-order valence-corrected chi connectivity index (χ2v) is 9.09. The van der Waals surface area contributed by atoms with Crippen molar-refractivity contribution in [3.63, 3.8) is 0 Å². The monoisotopic (exact) mass is 437 g/mol. The summed E-state index contributed by atoms with van der Waals surface area (Å²) >= 11 is 1.14. The number of carboxylic acid groups (broad SMARTS) is 1. The van der Waals surface area contributed by atoms with Crippen molar-refractivity contribution in [1.29, 1.82) is 0 Å². The van der Waals surface area contributed by atoms with E-state index in [-0.39, 0.29) is 36.6 Å². The first-order valence-electron chi connectivity index (χ1n) is 9.18. The fraction of sp³-hybridized carbons (Fsp3) is 0.647. The van der Waals surface area contributed by atoms with Crippen molar-refractivity contribution >= 4 is 35.8 Å². The first-order valence-corrected chi connectivity index (χ1v) is 11.9. The number of rotatable bonds is 15. The Labute approximate surface area is 167 Å². The number of ether oxygens (including phenoxy) is 1. The largest absolute Gasteiger partial charge is 0.504 e. The number of carbonyl (C=O) groups excluding carboxylic acids is 1. The molecule has 0 saturated heterocycles. The van der Waals surface area contributed by atoms with Gasteiger partial charge in [-0.3, -0.25) is 14.2 Å². The van der Waals surface area contributed by atoms with Gasteiger partial charge in [0.15, 0.2) is 11.5 Å². The number of amides is 1. The molecule has 0 unspecified atom stereocenters. The van der Waals surface area contributed by atoms with Crippen LogP contribution >= 0.6 is 18.9 Å². The fourth-order valence-corrected chi connectivity index (χ4v) is 3.88. The van der Waals surface area contributed by atoms with Gasteiger partial charge in [0.1, 0.15) is 5.00 Å². The molecule has 0 aliphatic carbocycles. The molecule has 0 radical (unpaired) electrons. The molecule has 1 aromatic rings. The Bertz CT molecular complexity index is 672. The zero-order valence-electron chi connectivity index (χ0n) is 15.6. The van der Waals surface area contributed by atoms with Crippen LogP contribution in [0.1, 0.15) is 57.8 Å². The molecule has 1 aromatic heterocycles. The second-order valence-electron chi connectivity index (χ2n) is 6.43. The summed E-state index contributed by atoms with van der Waals surface area (Å²) in [4.78, 5) is 40.0. The molecule has 0 spiro atoms. The van der Waals surface area contributed by atoms with Crippen LogP contribution in [0, 0.1) is 0 Å². The van der Waals surface area contributed by atoms with Crippen LogP contribution in [0.25, 0.3) is 0 Å². The fourth-order valence-electron chi connectivity index (χ4n) is 2.46. The normalized spacial score (nSPS) is 11.4. The number of anilines is 1. The number of aliphatic carboxylic acids is 1. The zero-order valence-corrected chi connectivity index (χ0v) is 17.3. The summed E-state index contributed by atoms with van der Waals surface area (Å²) in [5, 5.41) is 22.9. The Balaban J connectivity index is 2.21. The van der Waals surface area contributed by atoms with Crippen molar-refractivity contribution in [3.05, 3.63) is 5.38 Å². The molecule has 9 nitrogen and oxygen atoms in total. The summed E-state index contributed by atoms with van der Waals surface area (Å²) in [5.74, 6) is -1.05. The van der Waals surface area contributed by atoms with Gasteiger partial charge >= 0.3 is 13.6 Å². The third-order valence-corrected chi connectivity index (χ3v) is 5.63. The maximum atomic E-state index is 12.0. The molecule has 160 valence electrons. The number of hydrogen-bond acceptors (Lipinski definition) is 6. The van der Waals surface area contributed by atoms with Crippen LogP contribution in [0.15, 0.2) is 5.38 Å². The maximum Gasteiger partial charge on any atom is 0.325 e. The molecule has 1 amide bonds. The SMILES string of the molecule is O=C(O)CCCOc1c(O)csc1NC(=O)CCCCCCCCP(=O)(O)O. The van der Waals surface area contributed by atoms with Crippen molar-refractivity contribution < 1.29 is 38.9 Å². The number of hydrogen-bond donors (Lipinski definition) is 5. The molecule has 28 heavy (non-hydrogen) atoms. The number of aromatic hydroxyl groups is 1. The average molecular weight is 437 g/mol. The second kappa shape index (κ2) is 12.8. The molecule has 0 fully saturated rings. The van der Waals surface area contributed by atoms with Crippen molar-refractivity contribution in [1.82, 2.24) is 0 Å². The van der Waals surface area contributed by atoms with E-state index < -0.39 is 13.6 Å². The van der Waals surface area contributed by atoms with Crippen LogP contribution < -0.4 is 10.1 Å². The Kier molecular flexibility index (Phi) is 11.1. The minimum atomic E-state index is -3.90. The van der Waals surface area contributed by atoms with Gasteiger partial charge in [0.05, 0.1) is 6.61 Å². The third-order valence-electron chi connectivity index (χ3n) is 3.86. The van der Waals surface area contributed by atoms with Gasteiger partial charge in [0, 0.05) is 24.4 Å². The average Bonchev–Trinajstić information content (AvgIpc) is 2.93. The molecule has 0 aliphatic heterocycles. The molecule has 5 N–H and O–H groups in total. The highest BCUT2D eigenvalue weighted by molar-refractivity contribution is 7.51. The summed E-state index contributed by atoms with van der Waals surface area (Å²) in [6, 6.07) is 0. The number of carboxylic acids is 1. The Morgan fingerprint density at radius 3 is 2.32 bits per heavy atom. The van der Waals surface area contributed by atoms with Crippen molar-refractivity contribution in [2.45, 2.75) is 57.8 Å². The summed E-state index contributed by atoms with van der Waals surface area (Å²) < 4.78 is 16.1. The molecule has 0 aromatic carbocycles. The van der Waals surface area contributed by atoms with E-state index in [1.807, 2.05) is 0 Å². The van der Waals surface area contributed by atoms with E-state index >= 15 is 0 Å². The van der Waals surface area contributed by atoms with Crippen LogP contribution in [0.4, 0.5) is 5.00 Å². The van der Waals surface area contributed by atoms with E-state index in [1.165, 1.54) is 5.38 Å². The van der Waals surface area contributed by atoms with Crippen molar-refractivity contribution in [2.75, 3.05) is 18.1 Å². The molecule has 0 aliphatic rings. The molecule has 0 bridgehead atoms. The Hall–Kier alpha value is -1.61. The van der Waals surface area contributed by atoms with E-state index in [4.69, 9.17) is 19.6 Å². The maximum absolute atomic E-state index is 12.0. The van der Waals surface area contributed by atoms with E-state index in [9.17, 15) is 19.3 Å². The number of unbranched alkanes of at least 4 members (excludes halogenated alkanes) is 5. The highest BCUT2D eigenvalue weighted by Crippen LogP contribution is 2.41. The summed E-state index contributed by atoms with van der Waals surface area (Å²) in [6.07, 6.45) is 5.06. The summed E-state index contributed by atoms with van der Waals surface area (Å²) in [6.45, 7) is 0.126. The van der Waals surface area contributed by atoms with Crippen LogP contribution in [0.2, 0.25) is 0 Å². The van der Waals surface area contributed by atoms with Gasteiger partial charge in [0.2, 0.25) is 5.91 Å². The number of nitrogens with one attached hydrogen (secondary N) is 1. The van der Waals surface area contributed by atoms with Crippen LogP contribution in [0.5, 0.6) is 11.5 Å². The number of carbonyl (C=O) groups is 2. The summed E-state index contributed by atoms with van der Waals surface area (Å²) in [7, 11) is -3.90. The molecule has 1 heterocycles. The predicted octanol–water partition coefficient (Wildman–Crippen LogP) is 3.54. The van der Waals surface area contributed by atoms with Gasteiger partial charge in [-0.25, -0.2) is 0 Å². The molecule has 0 saturated carbocycles. The molecular weight excluding hydrogens is 409 g/mol. The van der Waals surface area contributed by atoms with Crippen molar-refractivity contribution in [3.8, 4) is 11.5 Å². The van der Waals surface area contributed by atoms with Gasteiger partial charge in [0.25, 0.3) is 0 Å². The highest BCUT2D eigenvalue weighted by Gasteiger charge is 2.15. The first-order chi connectivity index (χ1) is 13.2. The molecule has 1 rings (SSSR count). The van der Waals surface area contributed by atoms with E-state index in [0.29, 0.717) is 30.7 Å². The molecular formula is C17H28NO8PS. The minimum Gasteiger partial charge on any atom is -0.504 e. The van der Waals surface area contributed by atoms with Gasteiger partial charge in [-0.1, -0.05) is 25.7 Å². The zero-order chi connectivity index (χ0) is 21.0. The lowest BCUT2D eigenvalue weighted by Gasteiger charge is -2.09. The molecule has 0 atom stereocenters. The highest BCUT2D eigenvalue weighted by atomic mass is 32.1. The lowest BCUT2D eigenvalue weighted by Crippen LogP contribution is -2.11. The van der Waals surface area contributed by atoms with Gasteiger partial charge in [-0.05, 0) is 19.3 Å². The summed E-state index contributed by atoms with van der Waals surface area (Å²) in [5.41, 5.74) is 0. The lowest BCUT2D eigenvalue weighted by molar-refractivity contribution is -0.137. The standard InChI is InChI=1S/C17H28NO8PS/c19-13-12-28-17(16(13)26-10-7-9-15(21)22)18-14(20)8-5-3-1-2-4-6-11-27(23,24)25/h12,19H,1-11H2,(H,18,20)(H,21,22)(H2,23,24,25). The van der Waals surface area contributed by atoms with Crippen LogP contribution in [-0.2, 0) is 14.2 Å². The quantitative estimate of drug-likeness (QED) is 0.206. The van der Waals surface area contributed by atoms with Gasteiger partial charge in [-0.2, -0.15) is 0 Å². The third kappa shape index (κ3) is 11.3. The smallest absolute Gasteiger partial charge is 0.325 e. The lowest BCUT2D eigenvalue weighted by atomic mass is 10.1.